The molecule has 0 bridgehead atoms. The molecular weight excluding hydrogens is 438 g/mol. The molecule has 34 heavy (non-hydrogen) atoms. The van der Waals surface area contributed by atoms with E-state index < -0.39 is 16.7 Å². The summed E-state index contributed by atoms with van der Waals surface area (Å²) in [6, 6.07) is 12.7. The first-order valence-corrected chi connectivity index (χ1v) is 11.3. The Morgan fingerprint density at radius 3 is 2.44 bits per heavy atom. The second kappa shape index (κ2) is 11.4. The van der Waals surface area contributed by atoms with Crippen LogP contribution in [0.5, 0.6) is 5.75 Å². The molecule has 1 N–H and O–H groups in total. The largest absolute Gasteiger partial charge is 0.494 e. The first kappa shape index (κ1) is 24.9. The number of hydrogen-bond acceptors (Lipinski definition) is 7. The molecule has 2 aromatic carbocycles. The fraction of sp³-hybridized carbons (Fsp3) is 0.360. The van der Waals surface area contributed by atoms with E-state index in [1.807, 2.05) is 26.8 Å². The van der Waals surface area contributed by atoms with Gasteiger partial charge in [-0.2, -0.15) is 0 Å². The highest BCUT2D eigenvalue weighted by Gasteiger charge is 2.39. The van der Waals surface area contributed by atoms with Gasteiger partial charge in [-0.05, 0) is 56.5 Å². The molecule has 1 aliphatic heterocycles. The van der Waals surface area contributed by atoms with E-state index in [0.717, 1.165) is 6.42 Å². The van der Waals surface area contributed by atoms with Gasteiger partial charge >= 0.3 is 0 Å². The normalized spacial score (nSPS) is 13.7. The molecule has 0 aliphatic carbocycles. The summed E-state index contributed by atoms with van der Waals surface area (Å²) in [7, 11) is 0. The molecule has 0 saturated heterocycles. The van der Waals surface area contributed by atoms with Crippen LogP contribution >= 0.6 is 0 Å². The van der Waals surface area contributed by atoms with Crippen molar-refractivity contribution in [1.82, 2.24) is 4.90 Å². The molecule has 180 valence electrons. The van der Waals surface area contributed by atoms with Crippen molar-refractivity contribution in [1.29, 1.82) is 0 Å². The van der Waals surface area contributed by atoms with E-state index in [-0.39, 0.29) is 29.6 Å². The molecule has 0 atom stereocenters. The molecule has 3 rings (SSSR count). The number of anilines is 1. The highest BCUT2D eigenvalue weighted by Crippen LogP contribution is 2.32. The van der Waals surface area contributed by atoms with Gasteiger partial charge in [0, 0.05) is 37.0 Å². The summed E-state index contributed by atoms with van der Waals surface area (Å²) < 4.78 is 11.2. The van der Waals surface area contributed by atoms with Crippen LogP contribution in [0.15, 0.2) is 54.2 Å². The Kier molecular flexibility index (Phi) is 8.37. The number of carbonyl (C=O) groups is 2. The molecule has 0 radical (unpaired) electrons. The molecule has 1 aliphatic rings. The molecule has 1 heterocycles. The van der Waals surface area contributed by atoms with E-state index in [2.05, 4.69) is 5.32 Å². The maximum absolute atomic E-state index is 13.3. The standard InChI is InChI=1S/C25H29N3O6/c1-4-14-34-21-8-5-7-19(16-21)26-23-22(18-9-11-20(12-10-18)28(31)32)24(29)27(25(23)30)13-6-15-33-17(2)3/h5,7-12,16-17,26H,4,6,13-15H2,1-3H3. The highest BCUT2D eigenvalue weighted by molar-refractivity contribution is 6.36. The Morgan fingerprint density at radius 1 is 1.06 bits per heavy atom. The van der Waals surface area contributed by atoms with Crippen molar-refractivity contribution >= 4 is 28.8 Å². The lowest BCUT2D eigenvalue weighted by Gasteiger charge is -2.16. The fourth-order valence-corrected chi connectivity index (χ4v) is 3.48. The van der Waals surface area contributed by atoms with E-state index in [1.165, 1.54) is 29.2 Å². The molecule has 9 heteroatoms. The minimum Gasteiger partial charge on any atom is -0.494 e. The molecule has 0 aromatic heterocycles. The quantitative estimate of drug-likeness (QED) is 0.213. The van der Waals surface area contributed by atoms with Gasteiger partial charge < -0.3 is 14.8 Å². The number of non-ortho nitro benzene ring substituents is 1. The monoisotopic (exact) mass is 467 g/mol. The van der Waals surface area contributed by atoms with Gasteiger partial charge in [-0.3, -0.25) is 24.6 Å². The van der Waals surface area contributed by atoms with Crippen molar-refractivity contribution in [2.75, 3.05) is 25.1 Å². The smallest absolute Gasteiger partial charge is 0.278 e. The molecule has 0 saturated carbocycles. The van der Waals surface area contributed by atoms with Crippen molar-refractivity contribution in [3.8, 4) is 5.75 Å². The van der Waals surface area contributed by atoms with Crippen LogP contribution in [0.4, 0.5) is 11.4 Å². The van der Waals surface area contributed by atoms with Gasteiger partial charge in [0.15, 0.2) is 0 Å². The number of nitrogens with one attached hydrogen (secondary N) is 1. The van der Waals surface area contributed by atoms with Crippen LogP contribution in [0.3, 0.4) is 0 Å². The minimum atomic E-state index is -0.512. The Labute approximate surface area is 198 Å². The zero-order valence-electron chi connectivity index (χ0n) is 19.6. The summed E-state index contributed by atoms with van der Waals surface area (Å²) in [5, 5.41) is 14.1. The fourth-order valence-electron chi connectivity index (χ4n) is 3.48. The topological polar surface area (TPSA) is 111 Å². The maximum Gasteiger partial charge on any atom is 0.278 e. The average molecular weight is 468 g/mol. The molecular formula is C25H29N3O6. The van der Waals surface area contributed by atoms with E-state index in [1.54, 1.807) is 18.2 Å². The van der Waals surface area contributed by atoms with Crippen molar-refractivity contribution in [3.63, 3.8) is 0 Å². The van der Waals surface area contributed by atoms with Gasteiger partial charge in [0.1, 0.15) is 11.4 Å². The van der Waals surface area contributed by atoms with Crippen LogP contribution in [0.1, 0.15) is 39.2 Å². The number of nitrogens with zero attached hydrogens (tertiary/aromatic N) is 2. The maximum atomic E-state index is 13.3. The Bertz CT molecular complexity index is 1080. The van der Waals surface area contributed by atoms with Gasteiger partial charge in [-0.15, -0.1) is 0 Å². The second-order valence-corrected chi connectivity index (χ2v) is 8.09. The summed E-state index contributed by atoms with van der Waals surface area (Å²) in [5.41, 5.74) is 1.21. The lowest BCUT2D eigenvalue weighted by atomic mass is 10.0. The number of imide groups is 1. The third-order valence-electron chi connectivity index (χ3n) is 5.09. The molecule has 0 unspecified atom stereocenters. The third-order valence-corrected chi connectivity index (χ3v) is 5.09. The predicted molar refractivity (Wildman–Crippen MR) is 128 cm³/mol. The lowest BCUT2D eigenvalue weighted by Crippen LogP contribution is -2.34. The number of benzene rings is 2. The molecule has 9 nitrogen and oxygen atoms in total. The molecule has 0 spiro atoms. The first-order valence-electron chi connectivity index (χ1n) is 11.3. The van der Waals surface area contributed by atoms with Gasteiger partial charge in [-0.1, -0.05) is 13.0 Å². The zero-order chi connectivity index (χ0) is 24.7. The van der Waals surface area contributed by atoms with Crippen LogP contribution in [-0.2, 0) is 14.3 Å². The van der Waals surface area contributed by atoms with Crippen molar-refractivity contribution in [2.24, 2.45) is 0 Å². The number of carbonyl (C=O) groups excluding carboxylic acids is 2. The third kappa shape index (κ3) is 5.99. The number of hydrogen-bond donors (Lipinski definition) is 1. The number of ether oxygens (including phenoxy) is 2. The van der Waals surface area contributed by atoms with Gasteiger partial charge in [0.25, 0.3) is 17.5 Å². The van der Waals surface area contributed by atoms with Crippen molar-refractivity contribution in [3.05, 3.63) is 69.9 Å². The highest BCUT2D eigenvalue weighted by atomic mass is 16.6. The lowest BCUT2D eigenvalue weighted by molar-refractivity contribution is -0.384. The summed E-state index contributed by atoms with van der Waals surface area (Å²) in [5.74, 6) is -0.268. The second-order valence-electron chi connectivity index (χ2n) is 8.09. The number of nitro benzene ring substituents is 1. The summed E-state index contributed by atoms with van der Waals surface area (Å²) in [6.45, 7) is 7.02. The van der Waals surface area contributed by atoms with E-state index >= 15 is 0 Å². The summed E-state index contributed by atoms with van der Waals surface area (Å²) >= 11 is 0. The van der Waals surface area contributed by atoms with Crippen LogP contribution in [0.2, 0.25) is 0 Å². The van der Waals surface area contributed by atoms with Crippen LogP contribution in [0.25, 0.3) is 5.57 Å². The Morgan fingerprint density at radius 2 is 1.79 bits per heavy atom. The SMILES string of the molecule is CCCOc1cccc(NC2=C(c3ccc([N+](=O)[O-])cc3)C(=O)N(CCCOC(C)C)C2=O)c1. The predicted octanol–water partition coefficient (Wildman–Crippen LogP) is 4.39. The van der Waals surface area contributed by atoms with Gasteiger partial charge in [0.05, 0.1) is 23.2 Å². The number of amides is 2. The van der Waals surface area contributed by atoms with E-state index in [9.17, 15) is 19.7 Å². The molecule has 2 amide bonds. The van der Waals surface area contributed by atoms with E-state index in [0.29, 0.717) is 36.6 Å². The Hall–Kier alpha value is -3.72. The molecule has 0 fully saturated rings. The van der Waals surface area contributed by atoms with Gasteiger partial charge in [0.2, 0.25) is 0 Å². The minimum absolute atomic E-state index is 0.0539. The Balaban J connectivity index is 1.91. The number of nitro groups is 1. The van der Waals surface area contributed by atoms with Crippen molar-refractivity contribution < 1.29 is 24.0 Å². The summed E-state index contributed by atoms with van der Waals surface area (Å²) in [6.07, 6.45) is 1.41. The zero-order valence-corrected chi connectivity index (χ0v) is 19.6. The first-order chi connectivity index (χ1) is 16.3. The van der Waals surface area contributed by atoms with E-state index in [4.69, 9.17) is 9.47 Å². The van der Waals surface area contributed by atoms with Crippen molar-refractivity contribution in [2.45, 2.75) is 39.7 Å². The number of rotatable bonds is 12. The van der Waals surface area contributed by atoms with Crippen LogP contribution in [-0.4, -0.2) is 47.5 Å². The van der Waals surface area contributed by atoms with Gasteiger partial charge in [-0.25, -0.2) is 0 Å². The average Bonchev–Trinajstić information content (AvgIpc) is 3.04. The van der Waals surface area contributed by atoms with Crippen LogP contribution < -0.4 is 10.1 Å². The summed E-state index contributed by atoms with van der Waals surface area (Å²) in [4.78, 5) is 38.3. The van der Waals surface area contributed by atoms with Crippen LogP contribution in [0, 0.1) is 10.1 Å². The molecule has 2 aromatic rings.